The van der Waals surface area contributed by atoms with Crippen LogP contribution in [0.15, 0.2) is 24.8 Å². The summed E-state index contributed by atoms with van der Waals surface area (Å²) >= 11 is 0. The van der Waals surface area contributed by atoms with Crippen LogP contribution in [0.1, 0.15) is 25.7 Å². The van der Waals surface area contributed by atoms with Gasteiger partial charge in [0, 0.05) is 0 Å². The lowest BCUT2D eigenvalue weighted by atomic mass is 10.4. The van der Waals surface area contributed by atoms with Crippen LogP contribution in [0.3, 0.4) is 0 Å². The average molecular weight is 154 g/mol. The second-order valence-corrected chi connectivity index (χ2v) is 5.11. The molecule has 0 N–H and O–H groups in total. The van der Waals surface area contributed by atoms with Crippen molar-refractivity contribution in [3.8, 4) is 0 Å². The van der Waals surface area contributed by atoms with Crippen molar-refractivity contribution in [3.05, 3.63) is 24.8 Å². The molecule has 0 radical (unpaired) electrons. The minimum Gasteiger partial charge on any atom is -0.0983 e. The molecule has 0 spiro atoms. The molecule has 10 heavy (non-hydrogen) atoms. The molecule has 1 fully saturated rings. The molecule has 0 aromatic heterocycles. The van der Waals surface area contributed by atoms with Crippen LogP contribution in [0.25, 0.3) is 0 Å². The van der Waals surface area contributed by atoms with Crippen LogP contribution in [0.2, 0.25) is 0 Å². The Hall–Kier alpha value is -0.0900. The van der Waals surface area contributed by atoms with Crippen molar-refractivity contribution in [2.75, 3.05) is 0 Å². The minimum atomic E-state index is -0.0296. The molecule has 1 saturated carbocycles. The van der Waals surface area contributed by atoms with Gasteiger partial charge < -0.3 is 0 Å². The molecule has 0 nitrogen and oxygen atoms in total. The molecule has 1 aliphatic carbocycles. The molecule has 0 bridgehead atoms. The van der Waals surface area contributed by atoms with E-state index in [9.17, 15) is 0 Å². The van der Waals surface area contributed by atoms with E-state index in [1.54, 1.807) is 0 Å². The molecule has 0 aliphatic heterocycles. The van der Waals surface area contributed by atoms with E-state index in [0.717, 1.165) is 5.66 Å². The number of rotatable bonds is 3. The van der Waals surface area contributed by atoms with Gasteiger partial charge >= 0.3 is 0 Å². The lowest BCUT2D eigenvalue weighted by Gasteiger charge is -2.14. The molecule has 0 saturated heterocycles. The van der Waals surface area contributed by atoms with Gasteiger partial charge in [0.15, 0.2) is 0 Å². The first kappa shape index (κ1) is 8.01. The molecule has 0 atom stereocenters. The first-order chi connectivity index (χ1) is 4.88. The first-order valence-electron chi connectivity index (χ1n) is 3.91. The van der Waals surface area contributed by atoms with Gasteiger partial charge in [-0.05, 0) is 18.5 Å². The third-order valence-electron chi connectivity index (χ3n) is 2.17. The van der Waals surface area contributed by atoms with Crippen LogP contribution in [0.4, 0.5) is 0 Å². The Morgan fingerprint density at radius 3 is 2.00 bits per heavy atom. The van der Waals surface area contributed by atoms with Crippen LogP contribution in [-0.4, -0.2) is 5.66 Å². The molecule has 1 rings (SSSR count). The predicted molar refractivity (Wildman–Crippen MR) is 49.6 cm³/mol. The maximum atomic E-state index is 3.83. The third kappa shape index (κ3) is 1.70. The Kier molecular flexibility index (Phi) is 3.15. The van der Waals surface area contributed by atoms with Crippen molar-refractivity contribution in [1.82, 2.24) is 0 Å². The van der Waals surface area contributed by atoms with Gasteiger partial charge in [0.05, 0.1) is 0 Å². The summed E-state index contributed by atoms with van der Waals surface area (Å²) in [7, 11) is -0.0296. The van der Waals surface area contributed by atoms with Gasteiger partial charge in [0.1, 0.15) is 0 Å². The van der Waals surface area contributed by atoms with Crippen LogP contribution >= 0.6 is 7.92 Å². The third-order valence-corrected chi connectivity index (χ3v) is 4.37. The van der Waals surface area contributed by atoms with E-state index >= 15 is 0 Å². The standard InChI is InChI=1S/C9H15P/c1-3-10(4-2)9-7-5-6-8-9/h3-4,9H,1-2,5-8H2. The SMILES string of the molecule is C=CP(C=C)C1CCCC1. The quantitative estimate of drug-likeness (QED) is 0.544. The van der Waals surface area contributed by atoms with Crippen molar-refractivity contribution in [3.63, 3.8) is 0 Å². The largest absolute Gasteiger partial charge is 0.0983 e. The molecule has 56 valence electrons. The Balaban J connectivity index is 2.43. The zero-order valence-electron chi connectivity index (χ0n) is 6.42. The smallest absolute Gasteiger partial charge is 0.0140 e. The van der Waals surface area contributed by atoms with E-state index in [2.05, 4.69) is 24.8 Å². The summed E-state index contributed by atoms with van der Waals surface area (Å²) in [5.41, 5.74) is 0.921. The fourth-order valence-electron chi connectivity index (χ4n) is 1.58. The normalized spacial score (nSPS) is 19.7. The van der Waals surface area contributed by atoms with E-state index in [1.165, 1.54) is 25.7 Å². The predicted octanol–water partition coefficient (Wildman–Crippen LogP) is 3.70. The van der Waals surface area contributed by atoms with E-state index < -0.39 is 0 Å². The molecule has 1 aliphatic rings. The lowest BCUT2D eigenvalue weighted by molar-refractivity contribution is 0.886. The minimum absolute atomic E-state index is 0.0296. The Morgan fingerprint density at radius 2 is 1.60 bits per heavy atom. The highest BCUT2D eigenvalue weighted by Gasteiger charge is 2.19. The number of hydrogen-bond acceptors (Lipinski definition) is 0. The summed E-state index contributed by atoms with van der Waals surface area (Å²) in [4.78, 5) is 0. The lowest BCUT2D eigenvalue weighted by Crippen LogP contribution is -1.93. The second kappa shape index (κ2) is 3.93. The van der Waals surface area contributed by atoms with Gasteiger partial charge in [0.2, 0.25) is 0 Å². The van der Waals surface area contributed by atoms with Crippen LogP contribution < -0.4 is 0 Å². The summed E-state index contributed by atoms with van der Waals surface area (Å²) in [6.07, 6.45) is 5.66. The van der Waals surface area contributed by atoms with Gasteiger partial charge in [-0.3, -0.25) is 0 Å². The van der Waals surface area contributed by atoms with Crippen LogP contribution in [0, 0.1) is 0 Å². The summed E-state index contributed by atoms with van der Waals surface area (Å²) in [6, 6.07) is 0. The summed E-state index contributed by atoms with van der Waals surface area (Å²) in [6.45, 7) is 7.67. The van der Waals surface area contributed by atoms with Crippen LogP contribution in [0.5, 0.6) is 0 Å². The topological polar surface area (TPSA) is 0 Å². The summed E-state index contributed by atoms with van der Waals surface area (Å²) in [5, 5.41) is 0. The Morgan fingerprint density at radius 1 is 1.10 bits per heavy atom. The van der Waals surface area contributed by atoms with Crippen LogP contribution in [-0.2, 0) is 0 Å². The molecule has 0 unspecified atom stereocenters. The van der Waals surface area contributed by atoms with Crippen molar-refractivity contribution >= 4 is 7.92 Å². The highest BCUT2D eigenvalue weighted by atomic mass is 31.1. The highest BCUT2D eigenvalue weighted by Crippen LogP contribution is 2.50. The maximum absolute atomic E-state index is 3.83. The molecule has 0 aromatic rings. The molecular weight excluding hydrogens is 139 g/mol. The number of hydrogen-bond donors (Lipinski definition) is 0. The zero-order chi connectivity index (χ0) is 7.40. The highest BCUT2D eigenvalue weighted by molar-refractivity contribution is 7.64. The average Bonchev–Trinajstić information content (AvgIpc) is 2.43. The van der Waals surface area contributed by atoms with E-state index in [1.807, 2.05) is 0 Å². The Labute approximate surface area is 64.8 Å². The zero-order valence-corrected chi connectivity index (χ0v) is 7.32. The fourth-order valence-corrected chi connectivity index (χ4v) is 3.28. The van der Waals surface area contributed by atoms with Gasteiger partial charge in [-0.2, -0.15) is 0 Å². The first-order valence-corrected chi connectivity index (χ1v) is 5.46. The van der Waals surface area contributed by atoms with Crippen molar-refractivity contribution in [2.24, 2.45) is 0 Å². The monoisotopic (exact) mass is 154 g/mol. The maximum Gasteiger partial charge on any atom is -0.0140 e. The van der Waals surface area contributed by atoms with Crippen molar-refractivity contribution in [1.29, 1.82) is 0 Å². The molecule has 0 aromatic carbocycles. The van der Waals surface area contributed by atoms with Gasteiger partial charge in [-0.15, -0.1) is 0 Å². The molecule has 1 heteroatoms. The molecular formula is C9H15P. The van der Waals surface area contributed by atoms with Crippen molar-refractivity contribution in [2.45, 2.75) is 31.3 Å². The molecule has 0 heterocycles. The Bertz CT molecular complexity index is 115. The van der Waals surface area contributed by atoms with E-state index in [-0.39, 0.29) is 7.92 Å². The van der Waals surface area contributed by atoms with Gasteiger partial charge in [0.25, 0.3) is 0 Å². The summed E-state index contributed by atoms with van der Waals surface area (Å²) in [5.74, 6) is 4.19. The van der Waals surface area contributed by atoms with E-state index in [0.29, 0.717) is 0 Å². The fraction of sp³-hybridized carbons (Fsp3) is 0.556. The van der Waals surface area contributed by atoms with E-state index in [4.69, 9.17) is 0 Å². The van der Waals surface area contributed by atoms with Gasteiger partial charge in [-0.1, -0.05) is 45.6 Å². The van der Waals surface area contributed by atoms with Gasteiger partial charge in [-0.25, -0.2) is 0 Å². The molecule has 0 amide bonds. The summed E-state index contributed by atoms with van der Waals surface area (Å²) < 4.78 is 0. The van der Waals surface area contributed by atoms with Crippen molar-refractivity contribution < 1.29 is 0 Å². The second-order valence-electron chi connectivity index (χ2n) is 2.75.